The second kappa shape index (κ2) is 9.99. The second-order valence-electron chi connectivity index (χ2n) is 8.26. The molecule has 1 atom stereocenters. The number of morpholine rings is 1. The van der Waals surface area contributed by atoms with Gasteiger partial charge in [0.1, 0.15) is 11.6 Å². The first-order valence-corrected chi connectivity index (χ1v) is 10.9. The number of anilines is 1. The zero-order chi connectivity index (χ0) is 22.5. The van der Waals surface area contributed by atoms with Gasteiger partial charge in [-0.15, -0.1) is 0 Å². The van der Waals surface area contributed by atoms with E-state index in [2.05, 4.69) is 5.32 Å². The highest BCUT2D eigenvalue weighted by Gasteiger charge is 2.31. The van der Waals surface area contributed by atoms with Crippen LogP contribution in [0.3, 0.4) is 0 Å². The van der Waals surface area contributed by atoms with E-state index in [1.807, 2.05) is 12.1 Å². The van der Waals surface area contributed by atoms with Crippen molar-refractivity contribution >= 4 is 17.6 Å². The van der Waals surface area contributed by atoms with Crippen LogP contribution in [0.25, 0.3) is 0 Å². The van der Waals surface area contributed by atoms with Gasteiger partial charge in [0.25, 0.3) is 5.91 Å². The molecule has 1 saturated heterocycles. The van der Waals surface area contributed by atoms with Crippen molar-refractivity contribution in [2.75, 3.05) is 45.2 Å². The zero-order valence-corrected chi connectivity index (χ0v) is 18.1. The number of amides is 3. The summed E-state index contributed by atoms with van der Waals surface area (Å²) in [6.07, 6.45) is 1.92. The molecule has 1 aliphatic carbocycles. The number of urea groups is 1. The monoisotopic (exact) mass is 441 g/mol. The van der Waals surface area contributed by atoms with E-state index in [4.69, 9.17) is 9.47 Å². The summed E-state index contributed by atoms with van der Waals surface area (Å²) in [4.78, 5) is 29.3. The van der Waals surface area contributed by atoms with Crippen molar-refractivity contribution in [1.82, 2.24) is 9.80 Å². The third-order valence-electron chi connectivity index (χ3n) is 5.72. The molecule has 2 aromatic rings. The maximum atomic E-state index is 13.3. The largest absolute Gasteiger partial charge is 0.497 e. The zero-order valence-electron chi connectivity index (χ0n) is 18.1. The molecule has 2 fully saturated rings. The summed E-state index contributed by atoms with van der Waals surface area (Å²) >= 11 is 0. The highest BCUT2D eigenvalue weighted by Crippen LogP contribution is 2.30. The van der Waals surface area contributed by atoms with Gasteiger partial charge in [0.05, 0.1) is 26.4 Å². The van der Waals surface area contributed by atoms with Gasteiger partial charge in [0.15, 0.2) is 0 Å². The molecule has 1 aliphatic heterocycles. The predicted molar refractivity (Wildman–Crippen MR) is 118 cm³/mol. The SMILES string of the molecule is COc1cccc(NC(=O)N2CCOC(CN(CC3CC3)C(=O)c3ccc(F)cc3)C2)c1. The molecule has 1 unspecified atom stereocenters. The molecule has 170 valence electrons. The molecule has 3 amide bonds. The van der Waals surface area contributed by atoms with Gasteiger partial charge in [-0.05, 0) is 55.2 Å². The first-order valence-electron chi connectivity index (χ1n) is 10.9. The molecule has 1 N–H and O–H groups in total. The Labute approximate surface area is 187 Å². The second-order valence-corrected chi connectivity index (χ2v) is 8.26. The predicted octanol–water partition coefficient (Wildman–Crippen LogP) is 3.62. The molecule has 0 aromatic heterocycles. The first-order chi connectivity index (χ1) is 15.5. The number of halogens is 1. The van der Waals surface area contributed by atoms with Gasteiger partial charge in [0, 0.05) is 37.0 Å². The quantitative estimate of drug-likeness (QED) is 0.713. The lowest BCUT2D eigenvalue weighted by Gasteiger charge is -2.36. The Morgan fingerprint density at radius 3 is 2.69 bits per heavy atom. The molecule has 0 spiro atoms. The number of carbonyl (C=O) groups excluding carboxylic acids is 2. The summed E-state index contributed by atoms with van der Waals surface area (Å²) in [7, 11) is 1.58. The number of benzene rings is 2. The van der Waals surface area contributed by atoms with Gasteiger partial charge in [0.2, 0.25) is 0 Å². The smallest absolute Gasteiger partial charge is 0.322 e. The van der Waals surface area contributed by atoms with E-state index < -0.39 is 0 Å². The van der Waals surface area contributed by atoms with Crippen LogP contribution in [0, 0.1) is 11.7 Å². The van der Waals surface area contributed by atoms with E-state index >= 15 is 0 Å². The first kappa shape index (κ1) is 22.1. The van der Waals surface area contributed by atoms with Gasteiger partial charge in [-0.3, -0.25) is 4.79 Å². The van der Waals surface area contributed by atoms with Crippen molar-refractivity contribution in [3.8, 4) is 5.75 Å². The molecule has 1 heterocycles. The molecular weight excluding hydrogens is 413 g/mol. The summed E-state index contributed by atoms with van der Waals surface area (Å²) in [5, 5.41) is 2.89. The lowest BCUT2D eigenvalue weighted by atomic mass is 10.1. The molecule has 4 rings (SSSR count). The van der Waals surface area contributed by atoms with E-state index in [1.165, 1.54) is 24.3 Å². The minimum Gasteiger partial charge on any atom is -0.497 e. The van der Waals surface area contributed by atoms with E-state index in [9.17, 15) is 14.0 Å². The minimum atomic E-state index is -0.372. The number of nitrogens with zero attached hydrogens (tertiary/aromatic N) is 2. The summed E-state index contributed by atoms with van der Waals surface area (Å²) in [6.45, 7) is 2.29. The Bertz CT molecular complexity index is 949. The van der Waals surface area contributed by atoms with Crippen LogP contribution in [0.1, 0.15) is 23.2 Å². The fourth-order valence-electron chi connectivity index (χ4n) is 3.79. The van der Waals surface area contributed by atoms with Crippen molar-refractivity contribution in [1.29, 1.82) is 0 Å². The van der Waals surface area contributed by atoms with Crippen LogP contribution in [-0.4, -0.2) is 67.7 Å². The molecule has 7 nitrogen and oxygen atoms in total. The number of nitrogens with one attached hydrogen (secondary N) is 1. The molecule has 1 saturated carbocycles. The number of hydrogen-bond acceptors (Lipinski definition) is 4. The fraction of sp³-hybridized carbons (Fsp3) is 0.417. The highest BCUT2D eigenvalue weighted by molar-refractivity contribution is 5.94. The van der Waals surface area contributed by atoms with E-state index in [0.717, 1.165) is 12.8 Å². The third kappa shape index (κ3) is 5.76. The lowest BCUT2D eigenvalue weighted by molar-refractivity contribution is -0.0266. The number of ether oxygens (including phenoxy) is 2. The van der Waals surface area contributed by atoms with Gasteiger partial charge in [-0.1, -0.05) is 6.07 Å². The maximum absolute atomic E-state index is 13.3. The molecule has 0 radical (unpaired) electrons. The van der Waals surface area contributed by atoms with Crippen molar-refractivity contribution in [3.63, 3.8) is 0 Å². The standard InChI is InChI=1S/C24H28FN3O4/c1-31-21-4-2-3-20(13-21)26-24(30)27-11-12-32-22(15-27)16-28(14-17-5-6-17)23(29)18-7-9-19(25)10-8-18/h2-4,7-10,13,17,22H,5-6,11-12,14-16H2,1H3,(H,26,30). The summed E-state index contributed by atoms with van der Waals surface area (Å²) in [6, 6.07) is 12.6. The third-order valence-corrected chi connectivity index (χ3v) is 5.72. The van der Waals surface area contributed by atoms with Crippen molar-refractivity contribution < 1.29 is 23.5 Å². The number of methoxy groups -OCH3 is 1. The molecule has 8 heteroatoms. The lowest BCUT2D eigenvalue weighted by Crippen LogP contribution is -2.51. The van der Waals surface area contributed by atoms with Gasteiger partial charge < -0.3 is 24.6 Å². The summed E-state index contributed by atoms with van der Waals surface area (Å²) in [5.41, 5.74) is 1.11. The molecule has 0 bridgehead atoms. The maximum Gasteiger partial charge on any atom is 0.322 e. The van der Waals surface area contributed by atoms with Crippen LogP contribution in [-0.2, 0) is 4.74 Å². The Morgan fingerprint density at radius 2 is 1.97 bits per heavy atom. The van der Waals surface area contributed by atoms with Crippen LogP contribution >= 0.6 is 0 Å². The van der Waals surface area contributed by atoms with Crippen molar-refractivity contribution in [2.45, 2.75) is 18.9 Å². The van der Waals surface area contributed by atoms with Crippen LogP contribution in [0.4, 0.5) is 14.9 Å². The Balaban J connectivity index is 1.38. The Kier molecular flexibility index (Phi) is 6.90. The van der Waals surface area contributed by atoms with Crippen molar-refractivity contribution in [3.05, 3.63) is 59.9 Å². The van der Waals surface area contributed by atoms with Crippen LogP contribution in [0.5, 0.6) is 5.75 Å². The average molecular weight is 442 g/mol. The topological polar surface area (TPSA) is 71.1 Å². The molecule has 2 aliphatic rings. The van der Waals surface area contributed by atoms with Crippen LogP contribution in [0.15, 0.2) is 48.5 Å². The van der Waals surface area contributed by atoms with E-state index in [1.54, 1.807) is 29.0 Å². The minimum absolute atomic E-state index is 0.140. The van der Waals surface area contributed by atoms with Gasteiger partial charge >= 0.3 is 6.03 Å². The summed E-state index contributed by atoms with van der Waals surface area (Å²) < 4.78 is 24.4. The highest BCUT2D eigenvalue weighted by atomic mass is 19.1. The fourth-order valence-corrected chi connectivity index (χ4v) is 3.79. The number of rotatable bonds is 7. The van der Waals surface area contributed by atoms with Crippen LogP contribution in [0.2, 0.25) is 0 Å². The van der Waals surface area contributed by atoms with E-state index in [0.29, 0.717) is 55.7 Å². The normalized spacial score (nSPS) is 18.2. The summed E-state index contributed by atoms with van der Waals surface area (Å²) in [5.74, 6) is 0.648. The van der Waals surface area contributed by atoms with Gasteiger partial charge in [-0.25, -0.2) is 9.18 Å². The molecule has 2 aromatic carbocycles. The Hall–Kier alpha value is -3.13. The average Bonchev–Trinajstić information content (AvgIpc) is 3.63. The number of carbonyl (C=O) groups is 2. The van der Waals surface area contributed by atoms with Crippen molar-refractivity contribution in [2.24, 2.45) is 5.92 Å². The number of hydrogen-bond donors (Lipinski definition) is 1. The van der Waals surface area contributed by atoms with Crippen LogP contribution < -0.4 is 10.1 Å². The molecule has 32 heavy (non-hydrogen) atoms. The Morgan fingerprint density at radius 1 is 1.19 bits per heavy atom. The molecular formula is C24H28FN3O4. The van der Waals surface area contributed by atoms with Gasteiger partial charge in [-0.2, -0.15) is 0 Å². The van der Waals surface area contributed by atoms with E-state index in [-0.39, 0.29) is 23.9 Å².